The summed E-state index contributed by atoms with van der Waals surface area (Å²) in [4.78, 5) is 13.2. The molecular formula is C10H17F2NO3S. The number of nitrogens with zero attached hydrogens (tertiary/aromatic N) is 1. The van der Waals surface area contributed by atoms with E-state index in [-0.39, 0.29) is 25.4 Å². The number of halogens is 2. The van der Waals surface area contributed by atoms with Gasteiger partial charge in [0.1, 0.15) is 4.75 Å². The van der Waals surface area contributed by atoms with Gasteiger partial charge >= 0.3 is 0 Å². The maximum absolute atomic E-state index is 12.1. The predicted molar refractivity (Wildman–Crippen MR) is 59.6 cm³/mol. The summed E-state index contributed by atoms with van der Waals surface area (Å²) in [6.45, 7) is 3.13. The minimum absolute atomic E-state index is 0.214. The van der Waals surface area contributed by atoms with Crippen molar-refractivity contribution in [3.63, 3.8) is 0 Å². The summed E-state index contributed by atoms with van der Waals surface area (Å²) >= 11 is 0. The highest BCUT2D eigenvalue weighted by molar-refractivity contribution is 7.92. The first-order chi connectivity index (χ1) is 7.55. The van der Waals surface area contributed by atoms with E-state index >= 15 is 0 Å². The molecule has 0 aliphatic carbocycles. The van der Waals surface area contributed by atoms with E-state index in [1.165, 1.54) is 18.7 Å². The van der Waals surface area contributed by atoms with E-state index in [9.17, 15) is 22.0 Å². The number of rotatable bonds is 4. The second-order valence-electron chi connectivity index (χ2n) is 4.99. The van der Waals surface area contributed by atoms with E-state index in [1.54, 1.807) is 0 Å². The Morgan fingerprint density at radius 2 is 1.88 bits per heavy atom. The smallest absolute Gasteiger partial charge is 0.243 e. The topological polar surface area (TPSA) is 54.5 Å². The summed E-state index contributed by atoms with van der Waals surface area (Å²) in [5.41, 5.74) is 0. The van der Waals surface area contributed by atoms with Crippen LogP contribution in [0.15, 0.2) is 0 Å². The molecule has 0 aromatic carbocycles. The fraction of sp³-hybridized carbons (Fsp3) is 0.900. The summed E-state index contributed by atoms with van der Waals surface area (Å²) in [7, 11) is -3.50. The minimum Gasteiger partial charge on any atom is -0.341 e. The fourth-order valence-electron chi connectivity index (χ4n) is 1.68. The van der Waals surface area contributed by atoms with Gasteiger partial charge in [0.05, 0.1) is 0 Å². The maximum atomic E-state index is 12.1. The number of carbonyl (C=O) groups excluding carboxylic acids is 1. The highest BCUT2D eigenvalue weighted by atomic mass is 32.2. The van der Waals surface area contributed by atoms with Crippen LogP contribution in [0, 0.1) is 5.92 Å². The molecule has 1 fully saturated rings. The van der Waals surface area contributed by atoms with E-state index in [0.29, 0.717) is 0 Å². The van der Waals surface area contributed by atoms with Crippen molar-refractivity contribution < 1.29 is 22.0 Å². The lowest BCUT2D eigenvalue weighted by molar-refractivity contribution is -0.140. The summed E-state index contributed by atoms with van der Waals surface area (Å²) in [6.07, 6.45) is -1.61. The lowest BCUT2D eigenvalue weighted by atomic mass is 9.95. The highest BCUT2D eigenvalue weighted by Crippen LogP contribution is 2.27. The zero-order valence-electron chi connectivity index (χ0n) is 10.1. The number of sulfone groups is 1. The Kier molecular flexibility index (Phi) is 3.81. The zero-order valence-corrected chi connectivity index (χ0v) is 10.9. The number of hydrogen-bond acceptors (Lipinski definition) is 3. The van der Waals surface area contributed by atoms with Crippen LogP contribution in [0.25, 0.3) is 0 Å². The fourth-order valence-corrected chi connectivity index (χ4v) is 2.12. The Labute approximate surface area is 99.9 Å². The van der Waals surface area contributed by atoms with Crippen molar-refractivity contribution in [3.05, 3.63) is 0 Å². The normalized spacial score (nSPS) is 18.4. The molecule has 0 aromatic heterocycles. The molecule has 1 saturated heterocycles. The molecule has 1 aliphatic heterocycles. The van der Waals surface area contributed by atoms with Crippen LogP contribution >= 0.6 is 0 Å². The number of alkyl halides is 2. The molecule has 0 radical (unpaired) electrons. The first-order valence-corrected chi connectivity index (χ1v) is 7.22. The Morgan fingerprint density at radius 1 is 1.41 bits per heavy atom. The van der Waals surface area contributed by atoms with E-state index in [0.717, 1.165) is 6.26 Å². The van der Waals surface area contributed by atoms with Gasteiger partial charge in [-0.25, -0.2) is 17.2 Å². The molecule has 1 heterocycles. The number of likely N-dealkylation sites (tertiary alicyclic amines) is 1. The molecule has 0 aromatic rings. The molecule has 0 unspecified atom stereocenters. The number of amides is 1. The van der Waals surface area contributed by atoms with Crippen LogP contribution < -0.4 is 0 Å². The Hall–Kier alpha value is -0.720. The van der Waals surface area contributed by atoms with Gasteiger partial charge in [-0.3, -0.25) is 4.79 Å². The van der Waals surface area contributed by atoms with Crippen LogP contribution in [0.2, 0.25) is 0 Å². The van der Waals surface area contributed by atoms with Crippen molar-refractivity contribution >= 4 is 15.7 Å². The Morgan fingerprint density at radius 3 is 2.24 bits per heavy atom. The molecule has 0 bridgehead atoms. The Bertz CT molecular complexity index is 400. The third-order valence-electron chi connectivity index (χ3n) is 3.20. The summed E-state index contributed by atoms with van der Waals surface area (Å²) < 4.78 is 45.5. The van der Waals surface area contributed by atoms with E-state index in [2.05, 4.69) is 0 Å². The maximum Gasteiger partial charge on any atom is 0.243 e. The van der Waals surface area contributed by atoms with Gasteiger partial charge in [-0.15, -0.1) is 0 Å². The van der Waals surface area contributed by atoms with Gasteiger partial charge in [-0.2, -0.15) is 0 Å². The minimum atomic E-state index is -3.50. The lowest BCUT2D eigenvalue weighted by Gasteiger charge is -2.42. The van der Waals surface area contributed by atoms with Gasteiger partial charge in [0, 0.05) is 25.8 Å². The van der Waals surface area contributed by atoms with Gasteiger partial charge in [-0.05, 0) is 19.8 Å². The van der Waals surface area contributed by atoms with Crippen LogP contribution in [0.5, 0.6) is 0 Å². The molecule has 0 spiro atoms. The third-order valence-corrected chi connectivity index (χ3v) is 5.23. The van der Waals surface area contributed by atoms with Crippen LogP contribution in [0.3, 0.4) is 0 Å². The van der Waals surface area contributed by atoms with Crippen molar-refractivity contribution in [2.24, 2.45) is 5.92 Å². The average molecular weight is 269 g/mol. The van der Waals surface area contributed by atoms with Gasteiger partial charge in [0.25, 0.3) is 0 Å². The molecule has 0 N–H and O–H groups in total. The summed E-state index contributed by atoms with van der Waals surface area (Å²) in [5, 5.41) is 0. The molecule has 7 heteroatoms. The van der Waals surface area contributed by atoms with Crippen LogP contribution in [0.4, 0.5) is 8.78 Å². The monoisotopic (exact) mass is 269 g/mol. The van der Waals surface area contributed by atoms with Crippen molar-refractivity contribution in [2.75, 3.05) is 19.3 Å². The van der Waals surface area contributed by atoms with Gasteiger partial charge in [0.15, 0.2) is 9.84 Å². The molecule has 1 amide bonds. The number of carbonyl (C=O) groups is 1. The van der Waals surface area contributed by atoms with Crippen LogP contribution in [-0.2, 0) is 14.6 Å². The standard InChI is InChI=1S/C10H17F2NO3S/c1-10(2,17(3,15)16)9(14)13-5-7(6-13)4-8(11)12/h7-8H,4-6H2,1-3H3. The number of hydrogen-bond donors (Lipinski definition) is 0. The summed E-state index contributed by atoms with van der Waals surface area (Å²) in [6, 6.07) is 0. The first kappa shape index (κ1) is 14.3. The van der Waals surface area contributed by atoms with Crippen LogP contribution in [0.1, 0.15) is 20.3 Å². The first-order valence-electron chi connectivity index (χ1n) is 5.33. The van der Waals surface area contributed by atoms with Crippen molar-refractivity contribution in [1.29, 1.82) is 0 Å². The molecular weight excluding hydrogens is 252 g/mol. The van der Waals surface area contributed by atoms with Gasteiger partial charge in [0.2, 0.25) is 12.3 Å². The molecule has 4 nitrogen and oxygen atoms in total. The highest BCUT2D eigenvalue weighted by Gasteiger charge is 2.45. The van der Waals surface area contributed by atoms with Crippen molar-refractivity contribution in [3.8, 4) is 0 Å². The average Bonchev–Trinajstić information content (AvgIpc) is 2.07. The van der Waals surface area contributed by atoms with E-state index < -0.39 is 26.9 Å². The van der Waals surface area contributed by atoms with Crippen molar-refractivity contribution in [2.45, 2.75) is 31.4 Å². The molecule has 1 aliphatic rings. The molecule has 100 valence electrons. The van der Waals surface area contributed by atoms with Gasteiger partial charge < -0.3 is 4.90 Å². The zero-order chi connectivity index (χ0) is 13.4. The predicted octanol–water partition coefficient (Wildman–Crippen LogP) is 0.923. The van der Waals surface area contributed by atoms with Crippen LogP contribution in [-0.4, -0.2) is 49.7 Å². The van der Waals surface area contributed by atoms with E-state index in [1.807, 2.05) is 0 Å². The SMILES string of the molecule is CC(C)(C(=O)N1CC(CC(F)F)C1)S(C)(=O)=O. The molecule has 1 rings (SSSR count). The lowest BCUT2D eigenvalue weighted by Crippen LogP contribution is -2.58. The second kappa shape index (κ2) is 4.51. The Balaban J connectivity index is 2.59. The largest absolute Gasteiger partial charge is 0.341 e. The molecule has 0 atom stereocenters. The summed E-state index contributed by atoms with van der Waals surface area (Å²) in [5.74, 6) is -0.722. The van der Waals surface area contributed by atoms with Crippen molar-refractivity contribution in [1.82, 2.24) is 4.90 Å². The second-order valence-corrected chi connectivity index (χ2v) is 7.55. The van der Waals surface area contributed by atoms with E-state index in [4.69, 9.17) is 0 Å². The third kappa shape index (κ3) is 2.94. The quantitative estimate of drug-likeness (QED) is 0.762. The molecule has 17 heavy (non-hydrogen) atoms. The van der Waals surface area contributed by atoms with Gasteiger partial charge in [-0.1, -0.05) is 0 Å². The molecule has 0 saturated carbocycles.